The molecule has 0 fully saturated rings. The summed E-state index contributed by atoms with van der Waals surface area (Å²) >= 11 is 5.92. The van der Waals surface area contributed by atoms with Crippen LogP contribution in [-0.2, 0) is 16.6 Å². The molecule has 0 bridgehead atoms. The molecule has 3 nitrogen and oxygen atoms in total. The first-order valence-electron chi connectivity index (χ1n) is 6.20. The molecule has 0 atom stereocenters. The quantitative estimate of drug-likeness (QED) is 0.940. The lowest BCUT2D eigenvalue weighted by Crippen LogP contribution is -2.23. The molecule has 1 N–H and O–H groups in total. The summed E-state index contributed by atoms with van der Waals surface area (Å²) in [5.41, 5.74) is 3.15. The second kappa shape index (κ2) is 5.95. The van der Waals surface area contributed by atoms with Gasteiger partial charge in [0.25, 0.3) is 0 Å². The van der Waals surface area contributed by atoms with Gasteiger partial charge >= 0.3 is 0 Å². The summed E-state index contributed by atoms with van der Waals surface area (Å²) in [4.78, 5) is 0.103. The van der Waals surface area contributed by atoms with Crippen LogP contribution in [0.5, 0.6) is 0 Å². The number of hydrogen-bond donors (Lipinski definition) is 1. The van der Waals surface area contributed by atoms with E-state index in [1.807, 2.05) is 32.0 Å². The molecule has 0 aliphatic heterocycles. The Kier molecular flexibility index (Phi) is 4.48. The van der Waals surface area contributed by atoms with Crippen molar-refractivity contribution in [1.29, 1.82) is 0 Å². The number of sulfonamides is 1. The molecule has 0 unspecified atom stereocenters. The van der Waals surface area contributed by atoms with Gasteiger partial charge in [0.2, 0.25) is 10.0 Å². The van der Waals surface area contributed by atoms with Crippen molar-refractivity contribution in [3.8, 4) is 0 Å². The molecule has 0 saturated carbocycles. The molecule has 106 valence electrons. The number of aryl methyl sites for hydroxylation is 2. The van der Waals surface area contributed by atoms with Crippen molar-refractivity contribution < 1.29 is 8.42 Å². The van der Waals surface area contributed by atoms with Gasteiger partial charge in [-0.05, 0) is 31.5 Å². The molecule has 0 aliphatic rings. The van der Waals surface area contributed by atoms with E-state index in [1.165, 1.54) is 6.07 Å². The van der Waals surface area contributed by atoms with Gasteiger partial charge in [0, 0.05) is 6.54 Å². The van der Waals surface area contributed by atoms with E-state index in [1.54, 1.807) is 18.2 Å². The van der Waals surface area contributed by atoms with Crippen molar-refractivity contribution >= 4 is 21.6 Å². The molecule has 0 aliphatic carbocycles. The molecule has 2 aromatic rings. The van der Waals surface area contributed by atoms with Crippen LogP contribution in [0.25, 0.3) is 0 Å². The summed E-state index contributed by atoms with van der Waals surface area (Å²) < 4.78 is 27.0. The van der Waals surface area contributed by atoms with Gasteiger partial charge < -0.3 is 0 Å². The second-order valence-corrected chi connectivity index (χ2v) is 6.89. The van der Waals surface area contributed by atoms with Crippen molar-refractivity contribution in [3.05, 3.63) is 64.2 Å². The van der Waals surface area contributed by atoms with Crippen molar-refractivity contribution in [2.24, 2.45) is 0 Å². The Labute approximate surface area is 124 Å². The summed E-state index contributed by atoms with van der Waals surface area (Å²) in [6, 6.07) is 12.4. The van der Waals surface area contributed by atoms with Gasteiger partial charge in [-0.2, -0.15) is 0 Å². The van der Waals surface area contributed by atoms with Crippen LogP contribution in [0.1, 0.15) is 16.7 Å². The summed E-state index contributed by atoms with van der Waals surface area (Å²) in [5, 5.41) is 0.223. The van der Waals surface area contributed by atoms with E-state index in [4.69, 9.17) is 11.6 Å². The lowest BCUT2D eigenvalue weighted by molar-refractivity contribution is 0.581. The van der Waals surface area contributed by atoms with Gasteiger partial charge in [0.05, 0.1) is 5.02 Å². The molecule has 20 heavy (non-hydrogen) atoms. The molecule has 0 saturated heterocycles. The van der Waals surface area contributed by atoms with Crippen LogP contribution in [0.3, 0.4) is 0 Å². The fourth-order valence-electron chi connectivity index (χ4n) is 2.09. The minimum Gasteiger partial charge on any atom is -0.207 e. The Morgan fingerprint density at radius 3 is 2.25 bits per heavy atom. The second-order valence-electron chi connectivity index (χ2n) is 4.75. The highest BCUT2D eigenvalue weighted by atomic mass is 35.5. The molecule has 2 rings (SSSR count). The van der Waals surface area contributed by atoms with E-state index >= 15 is 0 Å². The van der Waals surface area contributed by atoms with E-state index in [9.17, 15) is 8.42 Å². The molecular weight excluding hydrogens is 294 g/mol. The van der Waals surface area contributed by atoms with E-state index in [0.29, 0.717) is 0 Å². The average molecular weight is 310 g/mol. The van der Waals surface area contributed by atoms with E-state index < -0.39 is 10.0 Å². The average Bonchev–Trinajstić information content (AvgIpc) is 2.36. The number of halogens is 1. The van der Waals surface area contributed by atoms with E-state index in [2.05, 4.69) is 4.72 Å². The van der Waals surface area contributed by atoms with Crippen molar-refractivity contribution in [2.45, 2.75) is 25.3 Å². The fourth-order valence-corrected chi connectivity index (χ4v) is 3.62. The van der Waals surface area contributed by atoms with Crippen LogP contribution in [0, 0.1) is 13.8 Å². The smallest absolute Gasteiger partial charge is 0.207 e. The monoisotopic (exact) mass is 309 g/mol. The molecular formula is C15H16ClNO2S. The van der Waals surface area contributed by atoms with Gasteiger partial charge in [-0.25, -0.2) is 13.1 Å². The summed E-state index contributed by atoms with van der Waals surface area (Å²) in [6.07, 6.45) is 0. The van der Waals surface area contributed by atoms with Gasteiger partial charge in [0.15, 0.2) is 0 Å². The Hall–Kier alpha value is -1.36. The minimum atomic E-state index is -3.60. The maximum absolute atomic E-state index is 12.2. The molecule has 0 aromatic heterocycles. The number of nitrogens with one attached hydrogen (secondary N) is 1. The van der Waals surface area contributed by atoms with Crippen LogP contribution >= 0.6 is 11.6 Å². The first kappa shape index (κ1) is 15.0. The van der Waals surface area contributed by atoms with Crippen molar-refractivity contribution in [2.75, 3.05) is 0 Å². The highest BCUT2D eigenvalue weighted by molar-refractivity contribution is 7.89. The maximum Gasteiger partial charge on any atom is 0.242 e. The van der Waals surface area contributed by atoms with Gasteiger partial charge in [-0.1, -0.05) is 53.1 Å². The highest BCUT2D eigenvalue weighted by Gasteiger charge is 2.16. The topological polar surface area (TPSA) is 46.2 Å². The van der Waals surface area contributed by atoms with Gasteiger partial charge in [0.1, 0.15) is 4.90 Å². The predicted molar refractivity (Wildman–Crippen MR) is 81.4 cm³/mol. The van der Waals surface area contributed by atoms with Gasteiger partial charge in [-0.3, -0.25) is 0 Å². The van der Waals surface area contributed by atoms with Crippen molar-refractivity contribution in [1.82, 2.24) is 4.72 Å². The molecule has 0 spiro atoms. The van der Waals surface area contributed by atoms with E-state index in [-0.39, 0.29) is 16.5 Å². The Bertz CT molecular complexity index is 706. The lowest BCUT2D eigenvalue weighted by Gasteiger charge is -2.09. The third-order valence-electron chi connectivity index (χ3n) is 2.87. The number of benzene rings is 2. The Morgan fingerprint density at radius 2 is 1.65 bits per heavy atom. The molecule has 5 heteroatoms. The third-order valence-corrected chi connectivity index (χ3v) is 4.77. The largest absolute Gasteiger partial charge is 0.242 e. The molecule has 2 aromatic carbocycles. The van der Waals surface area contributed by atoms with Crippen LogP contribution in [0.2, 0.25) is 5.02 Å². The maximum atomic E-state index is 12.2. The van der Waals surface area contributed by atoms with Crippen LogP contribution in [-0.4, -0.2) is 8.42 Å². The SMILES string of the molecule is Cc1cc(C)cc(CNS(=O)(=O)c2ccccc2Cl)c1. The fraction of sp³-hybridized carbons (Fsp3) is 0.200. The lowest BCUT2D eigenvalue weighted by atomic mass is 10.1. The van der Waals surface area contributed by atoms with Gasteiger partial charge in [-0.15, -0.1) is 0 Å². The molecule has 0 radical (unpaired) electrons. The zero-order valence-corrected chi connectivity index (χ0v) is 12.9. The molecule has 0 heterocycles. The Morgan fingerprint density at radius 1 is 1.05 bits per heavy atom. The van der Waals surface area contributed by atoms with Crippen LogP contribution in [0.4, 0.5) is 0 Å². The Balaban J connectivity index is 2.20. The third kappa shape index (κ3) is 3.60. The van der Waals surface area contributed by atoms with Crippen LogP contribution in [0.15, 0.2) is 47.4 Å². The van der Waals surface area contributed by atoms with E-state index in [0.717, 1.165) is 16.7 Å². The highest BCUT2D eigenvalue weighted by Crippen LogP contribution is 2.20. The zero-order chi connectivity index (χ0) is 14.8. The minimum absolute atomic E-state index is 0.103. The first-order valence-corrected chi connectivity index (χ1v) is 8.06. The van der Waals surface area contributed by atoms with Crippen LogP contribution < -0.4 is 4.72 Å². The summed E-state index contributed by atoms with van der Waals surface area (Å²) in [5.74, 6) is 0. The number of hydrogen-bond acceptors (Lipinski definition) is 2. The predicted octanol–water partition coefficient (Wildman–Crippen LogP) is 3.44. The van der Waals surface area contributed by atoms with Crippen molar-refractivity contribution in [3.63, 3.8) is 0 Å². The summed E-state index contributed by atoms with van der Waals surface area (Å²) in [6.45, 7) is 4.22. The standard InChI is InChI=1S/C15H16ClNO2S/c1-11-7-12(2)9-13(8-11)10-17-20(18,19)15-6-4-3-5-14(15)16/h3-9,17H,10H2,1-2H3. The summed E-state index contributed by atoms with van der Waals surface area (Å²) in [7, 11) is -3.60. The normalized spacial score (nSPS) is 11.6. The number of rotatable bonds is 4. The zero-order valence-electron chi connectivity index (χ0n) is 11.4. The first-order chi connectivity index (χ1) is 9.38. The molecule has 0 amide bonds.